The first kappa shape index (κ1) is 14.4. The highest BCUT2D eigenvalue weighted by atomic mass is 16.5. The van der Waals surface area contributed by atoms with Crippen LogP contribution in [0.4, 0.5) is 5.69 Å². The Kier molecular flexibility index (Phi) is 6.05. The molecular weight excluding hydrogens is 230 g/mol. The summed E-state index contributed by atoms with van der Waals surface area (Å²) in [6, 6.07) is 4.26. The molecule has 1 aromatic rings. The fraction of sp³-hybridized carbons (Fsp3) is 0.500. The predicted octanol–water partition coefficient (Wildman–Crippen LogP) is 3.10. The number of esters is 1. The molecule has 0 heterocycles. The topological polar surface area (TPSA) is 72.5 Å². The number of phenols is 1. The third-order valence-corrected chi connectivity index (χ3v) is 2.74. The molecule has 3 N–H and O–H groups in total. The van der Waals surface area contributed by atoms with E-state index in [1.165, 1.54) is 37.5 Å². The van der Waals surface area contributed by atoms with Crippen LogP contribution in [0.5, 0.6) is 5.75 Å². The van der Waals surface area contributed by atoms with Gasteiger partial charge < -0.3 is 15.6 Å². The molecule has 0 atom stereocenters. The number of nitrogens with two attached hydrogens (primary N) is 1. The molecule has 0 unspecified atom stereocenters. The van der Waals surface area contributed by atoms with Gasteiger partial charge in [0.1, 0.15) is 5.75 Å². The second-order valence-corrected chi connectivity index (χ2v) is 4.32. The van der Waals surface area contributed by atoms with E-state index in [0.717, 1.165) is 12.8 Å². The van der Waals surface area contributed by atoms with Gasteiger partial charge in [-0.15, -0.1) is 0 Å². The molecule has 0 aliphatic rings. The van der Waals surface area contributed by atoms with Crippen molar-refractivity contribution in [1.29, 1.82) is 0 Å². The molecule has 0 aliphatic heterocycles. The number of rotatable bonds is 7. The first-order valence-electron chi connectivity index (χ1n) is 6.40. The molecule has 4 nitrogen and oxygen atoms in total. The number of nitrogen functional groups attached to an aromatic ring is 1. The molecule has 0 amide bonds. The van der Waals surface area contributed by atoms with Crippen LogP contribution in [0.2, 0.25) is 0 Å². The Balaban J connectivity index is 2.34. The van der Waals surface area contributed by atoms with Crippen molar-refractivity contribution in [3.8, 4) is 5.75 Å². The Hall–Kier alpha value is -1.71. The van der Waals surface area contributed by atoms with Crippen LogP contribution in [0.15, 0.2) is 18.2 Å². The maximum atomic E-state index is 11.7. The van der Waals surface area contributed by atoms with Crippen LogP contribution in [-0.4, -0.2) is 17.7 Å². The molecule has 0 saturated carbocycles. The summed E-state index contributed by atoms with van der Waals surface area (Å²) in [5, 5.41) is 9.29. The van der Waals surface area contributed by atoms with Crippen molar-refractivity contribution < 1.29 is 14.6 Å². The Bertz CT molecular complexity index is 391. The van der Waals surface area contributed by atoms with E-state index in [4.69, 9.17) is 10.5 Å². The molecular formula is C14H21NO3. The number of hydrogen-bond acceptors (Lipinski definition) is 4. The average Bonchev–Trinajstić information content (AvgIpc) is 2.36. The highest BCUT2D eigenvalue weighted by Gasteiger charge is 2.11. The fourth-order valence-corrected chi connectivity index (χ4v) is 1.67. The first-order valence-corrected chi connectivity index (χ1v) is 6.40. The van der Waals surface area contributed by atoms with Gasteiger partial charge in [-0.25, -0.2) is 4.79 Å². The van der Waals surface area contributed by atoms with Gasteiger partial charge in [0.15, 0.2) is 0 Å². The van der Waals surface area contributed by atoms with E-state index in [1.54, 1.807) is 0 Å². The zero-order chi connectivity index (χ0) is 13.4. The zero-order valence-corrected chi connectivity index (χ0v) is 10.8. The van der Waals surface area contributed by atoms with Gasteiger partial charge in [-0.1, -0.05) is 32.6 Å². The number of hydrogen-bond donors (Lipinski definition) is 2. The molecule has 4 heteroatoms. The standard InChI is InChI=1S/C14H21NO3/c1-2-3-4-5-6-9-18-14(17)12-10-11(16)7-8-13(12)15/h7-8,10,16H,2-6,9,15H2,1H3. The van der Waals surface area contributed by atoms with E-state index in [-0.39, 0.29) is 11.3 Å². The monoisotopic (exact) mass is 251 g/mol. The van der Waals surface area contributed by atoms with E-state index in [0.29, 0.717) is 12.3 Å². The van der Waals surface area contributed by atoms with Crippen molar-refractivity contribution in [1.82, 2.24) is 0 Å². The smallest absolute Gasteiger partial charge is 0.340 e. The van der Waals surface area contributed by atoms with Gasteiger partial charge in [-0.2, -0.15) is 0 Å². The van der Waals surface area contributed by atoms with Crippen LogP contribution in [0.1, 0.15) is 49.4 Å². The SMILES string of the molecule is CCCCCCCOC(=O)c1cc(O)ccc1N. The van der Waals surface area contributed by atoms with Gasteiger partial charge >= 0.3 is 5.97 Å². The third-order valence-electron chi connectivity index (χ3n) is 2.74. The maximum absolute atomic E-state index is 11.7. The number of carbonyl (C=O) groups is 1. The molecule has 0 saturated heterocycles. The highest BCUT2D eigenvalue weighted by molar-refractivity contribution is 5.95. The molecule has 18 heavy (non-hydrogen) atoms. The summed E-state index contributed by atoms with van der Waals surface area (Å²) < 4.78 is 5.11. The van der Waals surface area contributed by atoms with Crippen LogP contribution in [0.3, 0.4) is 0 Å². The largest absolute Gasteiger partial charge is 0.508 e. The van der Waals surface area contributed by atoms with Gasteiger partial charge in [-0.3, -0.25) is 0 Å². The number of phenolic OH excluding ortho intramolecular Hbond substituents is 1. The Morgan fingerprint density at radius 1 is 1.28 bits per heavy atom. The van der Waals surface area contributed by atoms with Crippen molar-refractivity contribution in [2.24, 2.45) is 0 Å². The maximum Gasteiger partial charge on any atom is 0.340 e. The molecule has 1 rings (SSSR count). The summed E-state index contributed by atoms with van der Waals surface area (Å²) >= 11 is 0. The van der Waals surface area contributed by atoms with Crippen molar-refractivity contribution >= 4 is 11.7 Å². The summed E-state index contributed by atoms with van der Waals surface area (Å²) in [5.74, 6) is -0.460. The van der Waals surface area contributed by atoms with Crippen molar-refractivity contribution in [2.45, 2.75) is 39.0 Å². The Morgan fingerprint density at radius 2 is 2.00 bits per heavy atom. The van der Waals surface area contributed by atoms with Crippen molar-refractivity contribution in [3.63, 3.8) is 0 Å². The van der Waals surface area contributed by atoms with Crippen LogP contribution in [-0.2, 0) is 4.74 Å². The van der Waals surface area contributed by atoms with Gasteiger partial charge in [0.2, 0.25) is 0 Å². The summed E-state index contributed by atoms with van der Waals surface area (Å²) in [4.78, 5) is 11.7. The quantitative estimate of drug-likeness (QED) is 0.338. The highest BCUT2D eigenvalue weighted by Crippen LogP contribution is 2.19. The minimum absolute atomic E-state index is 0.0131. The molecule has 0 fully saturated rings. The Labute approximate surface area is 108 Å². The first-order chi connectivity index (χ1) is 8.65. The molecule has 1 aromatic carbocycles. The second kappa shape index (κ2) is 7.58. The number of ether oxygens (including phenoxy) is 1. The normalized spacial score (nSPS) is 10.3. The number of carbonyl (C=O) groups excluding carboxylic acids is 1. The van der Waals surface area contributed by atoms with Crippen LogP contribution >= 0.6 is 0 Å². The van der Waals surface area contributed by atoms with Crippen LogP contribution in [0.25, 0.3) is 0 Å². The number of aromatic hydroxyl groups is 1. The Morgan fingerprint density at radius 3 is 2.72 bits per heavy atom. The van der Waals surface area contributed by atoms with Crippen molar-refractivity contribution in [3.05, 3.63) is 23.8 Å². The number of anilines is 1. The zero-order valence-electron chi connectivity index (χ0n) is 10.8. The molecule has 0 radical (unpaired) electrons. The average molecular weight is 251 g/mol. The summed E-state index contributed by atoms with van der Waals surface area (Å²) in [6.07, 6.45) is 5.51. The van der Waals surface area contributed by atoms with E-state index in [9.17, 15) is 9.90 Å². The molecule has 0 aromatic heterocycles. The fourth-order valence-electron chi connectivity index (χ4n) is 1.67. The predicted molar refractivity (Wildman–Crippen MR) is 71.6 cm³/mol. The van der Waals surface area contributed by atoms with E-state index >= 15 is 0 Å². The minimum atomic E-state index is -0.473. The van der Waals surface area contributed by atoms with E-state index in [2.05, 4.69) is 6.92 Å². The van der Waals surface area contributed by atoms with Gasteiger partial charge in [-0.05, 0) is 24.6 Å². The lowest BCUT2D eigenvalue weighted by molar-refractivity contribution is 0.0498. The van der Waals surface area contributed by atoms with Crippen molar-refractivity contribution in [2.75, 3.05) is 12.3 Å². The van der Waals surface area contributed by atoms with Gasteiger partial charge in [0.25, 0.3) is 0 Å². The third kappa shape index (κ3) is 4.65. The number of benzene rings is 1. The molecule has 0 bridgehead atoms. The summed E-state index contributed by atoms with van der Waals surface area (Å²) in [7, 11) is 0. The van der Waals surface area contributed by atoms with Gasteiger partial charge in [0, 0.05) is 5.69 Å². The van der Waals surface area contributed by atoms with E-state index in [1.807, 2.05) is 0 Å². The second-order valence-electron chi connectivity index (χ2n) is 4.32. The molecule has 100 valence electrons. The lowest BCUT2D eigenvalue weighted by Gasteiger charge is -2.07. The van der Waals surface area contributed by atoms with Crippen LogP contribution in [0, 0.1) is 0 Å². The lowest BCUT2D eigenvalue weighted by atomic mass is 10.1. The van der Waals surface area contributed by atoms with Gasteiger partial charge in [0.05, 0.1) is 12.2 Å². The molecule has 0 aliphatic carbocycles. The lowest BCUT2D eigenvalue weighted by Crippen LogP contribution is -2.09. The summed E-state index contributed by atoms with van der Waals surface area (Å²) in [5.41, 5.74) is 6.20. The number of unbranched alkanes of at least 4 members (excludes halogenated alkanes) is 4. The van der Waals surface area contributed by atoms with E-state index < -0.39 is 5.97 Å². The molecule has 0 spiro atoms. The van der Waals surface area contributed by atoms with Crippen LogP contribution < -0.4 is 5.73 Å². The summed E-state index contributed by atoms with van der Waals surface area (Å²) in [6.45, 7) is 2.56. The minimum Gasteiger partial charge on any atom is -0.508 e.